The Bertz CT molecular complexity index is 632. The first kappa shape index (κ1) is 15.9. The van der Waals surface area contributed by atoms with E-state index in [2.05, 4.69) is 15.3 Å². The predicted octanol–water partition coefficient (Wildman–Crippen LogP) is 4.46. The van der Waals surface area contributed by atoms with E-state index in [-0.39, 0.29) is 5.95 Å². The van der Waals surface area contributed by atoms with Crippen molar-refractivity contribution in [2.24, 2.45) is 0 Å². The third-order valence-corrected chi connectivity index (χ3v) is 3.23. The Balaban J connectivity index is 1.97. The lowest BCUT2D eigenvalue weighted by atomic mass is 10.1. The van der Waals surface area contributed by atoms with Gasteiger partial charge in [-0.1, -0.05) is 29.3 Å². The number of benzene rings is 1. The highest BCUT2D eigenvalue weighted by atomic mass is 35.5. The minimum absolute atomic E-state index is 0.0742. The van der Waals surface area contributed by atoms with Gasteiger partial charge >= 0.3 is 6.18 Å². The topological polar surface area (TPSA) is 37.8 Å². The fourth-order valence-corrected chi connectivity index (χ4v) is 2.14. The van der Waals surface area contributed by atoms with Crippen molar-refractivity contribution in [2.75, 3.05) is 11.9 Å². The minimum atomic E-state index is -4.49. The monoisotopic (exact) mass is 335 g/mol. The van der Waals surface area contributed by atoms with Crippen LogP contribution in [0.4, 0.5) is 19.1 Å². The zero-order valence-corrected chi connectivity index (χ0v) is 12.1. The second kappa shape index (κ2) is 6.49. The summed E-state index contributed by atoms with van der Waals surface area (Å²) in [6, 6.07) is 5.89. The molecule has 2 aromatic rings. The van der Waals surface area contributed by atoms with Gasteiger partial charge in [0.25, 0.3) is 0 Å². The van der Waals surface area contributed by atoms with Gasteiger partial charge in [0, 0.05) is 22.8 Å². The lowest BCUT2D eigenvalue weighted by Crippen LogP contribution is -2.13. The van der Waals surface area contributed by atoms with Crippen LogP contribution < -0.4 is 5.32 Å². The van der Waals surface area contributed by atoms with Crippen molar-refractivity contribution < 1.29 is 13.2 Å². The third-order valence-electron chi connectivity index (χ3n) is 2.64. The second-order valence-corrected chi connectivity index (χ2v) is 5.02. The van der Waals surface area contributed by atoms with Gasteiger partial charge in [0.15, 0.2) is 0 Å². The van der Waals surface area contributed by atoms with Crippen LogP contribution in [0.15, 0.2) is 30.5 Å². The molecule has 1 aromatic heterocycles. The molecule has 0 saturated carbocycles. The summed E-state index contributed by atoms with van der Waals surface area (Å²) >= 11 is 11.8. The van der Waals surface area contributed by atoms with Crippen LogP contribution >= 0.6 is 23.2 Å². The summed E-state index contributed by atoms with van der Waals surface area (Å²) in [4.78, 5) is 7.15. The molecule has 0 unspecified atom stereocenters. The first-order valence-corrected chi connectivity index (χ1v) is 6.70. The number of rotatable bonds is 4. The van der Waals surface area contributed by atoms with Crippen molar-refractivity contribution in [1.82, 2.24) is 9.97 Å². The van der Waals surface area contributed by atoms with E-state index < -0.39 is 11.9 Å². The average molecular weight is 336 g/mol. The molecular formula is C13H10Cl2F3N3. The first-order chi connectivity index (χ1) is 9.86. The fraction of sp³-hybridized carbons (Fsp3) is 0.231. The van der Waals surface area contributed by atoms with E-state index in [1.54, 1.807) is 18.2 Å². The predicted molar refractivity (Wildman–Crippen MR) is 75.7 cm³/mol. The van der Waals surface area contributed by atoms with E-state index in [1.165, 1.54) is 0 Å². The van der Waals surface area contributed by atoms with Gasteiger partial charge in [0.05, 0.1) is 0 Å². The van der Waals surface area contributed by atoms with Crippen LogP contribution in [0.1, 0.15) is 11.3 Å². The zero-order chi connectivity index (χ0) is 15.5. The van der Waals surface area contributed by atoms with Crippen molar-refractivity contribution in [3.05, 3.63) is 51.8 Å². The van der Waals surface area contributed by atoms with Crippen LogP contribution in [-0.4, -0.2) is 16.5 Å². The molecule has 0 spiro atoms. The van der Waals surface area contributed by atoms with Gasteiger partial charge in [0.2, 0.25) is 5.95 Å². The lowest BCUT2D eigenvalue weighted by molar-refractivity contribution is -0.141. The van der Waals surface area contributed by atoms with Gasteiger partial charge in [0.1, 0.15) is 5.69 Å². The molecule has 0 bridgehead atoms. The van der Waals surface area contributed by atoms with E-state index in [9.17, 15) is 13.2 Å². The molecule has 0 aliphatic carbocycles. The van der Waals surface area contributed by atoms with Gasteiger partial charge in [-0.05, 0) is 30.2 Å². The van der Waals surface area contributed by atoms with Crippen LogP contribution in [0.3, 0.4) is 0 Å². The molecule has 0 aliphatic rings. The summed E-state index contributed by atoms with van der Waals surface area (Å²) in [5, 5.41) is 3.77. The highest BCUT2D eigenvalue weighted by Crippen LogP contribution is 2.27. The van der Waals surface area contributed by atoms with Gasteiger partial charge in [-0.3, -0.25) is 0 Å². The number of aromatic nitrogens is 2. The molecule has 0 fully saturated rings. The van der Waals surface area contributed by atoms with E-state index in [1.807, 2.05) is 0 Å². The van der Waals surface area contributed by atoms with Crippen LogP contribution in [0.2, 0.25) is 10.0 Å². The van der Waals surface area contributed by atoms with Crippen molar-refractivity contribution in [2.45, 2.75) is 12.6 Å². The normalized spacial score (nSPS) is 11.5. The van der Waals surface area contributed by atoms with Crippen molar-refractivity contribution >= 4 is 29.2 Å². The highest BCUT2D eigenvalue weighted by molar-refractivity contribution is 6.35. The number of nitrogens with zero attached hydrogens (tertiary/aromatic N) is 2. The van der Waals surface area contributed by atoms with Crippen LogP contribution in [0, 0.1) is 0 Å². The number of nitrogens with one attached hydrogen (secondary N) is 1. The van der Waals surface area contributed by atoms with Gasteiger partial charge in [-0.2, -0.15) is 13.2 Å². The molecule has 0 atom stereocenters. The largest absolute Gasteiger partial charge is 0.433 e. The molecule has 2 rings (SSSR count). The Labute approximate surface area is 129 Å². The molecule has 0 aliphatic heterocycles. The molecule has 8 heteroatoms. The molecule has 0 radical (unpaired) electrons. The van der Waals surface area contributed by atoms with Gasteiger partial charge < -0.3 is 5.32 Å². The van der Waals surface area contributed by atoms with Crippen molar-refractivity contribution in [1.29, 1.82) is 0 Å². The first-order valence-electron chi connectivity index (χ1n) is 5.94. The van der Waals surface area contributed by atoms with Gasteiger partial charge in [-0.25, -0.2) is 9.97 Å². The molecule has 112 valence electrons. The Morgan fingerprint density at radius 1 is 1.14 bits per heavy atom. The molecule has 3 nitrogen and oxygen atoms in total. The Morgan fingerprint density at radius 3 is 2.57 bits per heavy atom. The van der Waals surface area contributed by atoms with Crippen molar-refractivity contribution in [3.8, 4) is 0 Å². The highest BCUT2D eigenvalue weighted by Gasteiger charge is 2.32. The quantitative estimate of drug-likeness (QED) is 0.896. The summed E-state index contributed by atoms with van der Waals surface area (Å²) in [5.41, 5.74) is -0.148. The Kier molecular flexibility index (Phi) is 4.90. The SMILES string of the molecule is FC(F)(F)c1ccnc(NCCc2ccc(Cl)cc2Cl)n1. The summed E-state index contributed by atoms with van der Waals surface area (Å²) in [5.74, 6) is -0.0742. The molecule has 21 heavy (non-hydrogen) atoms. The van der Waals surface area contributed by atoms with Crippen molar-refractivity contribution in [3.63, 3.8) is 0 Å². The molecular weight excluding hydrogens is 326 g/mol. The van der Waals surface area contributed by atoms with E-state index in [0.717, 1.165) is 17.8 Å². The fourth-order valence-electron chi connectivity index (χ4n) is 1.64. The number of alkyl halides is 3. The van der Waals surface area contributed by atoms with Gasteiger partial charge in [-0.15, -0.1) is 0 Å². The van der Waals surface area contributed by atoms with Crippen LogP contribution in [0.5, 0.6) is 0 Å². The summed E-state index contributed by atoms with van der Waals surface area (Å²) in [6.45, 7) is 0.350. The standard InChI is InChI=1S/C13H10Cl2F3N3/c14-9-2-1-8(10(15)7-9)3-5-19-12-20-6-4-11(21-12)13(16,17)18/h1-2,4,6-7H,3,5H2,(H,19,20,21). The summed E-state index contributed by atoms with van der Waals surface area (Å²) in [7, 11) is 0. The lowest BCUT2D eigenvalue weighted by Gasteiger charge is -2.09. The summed E-state index contributed by atoms with van der Waals surface area (Å²) in [6.07, 6.45) is -2.91. The number of hydrogen-bond donors (Lipinski definition) is 1. The van der Waals surface area contributed by atoms with Crippen LogP contribution in [-0.2, 0) is 12.6 Å². The summed E-state index contributed by atoms with van der Waals surface area (Å²) < 4.78 is 37.5. The zero-order valence-electron chi connectivity index (χ0n) is 10.6. The Hall–Kier alpha value is -1.53. The number of halogens is 5. The number of anilines is 1. The molecule has 1 aromatic carbocycles. The maximum Gasteiger partial charge on any atom is 0.433 e. The molecule has 0 saturated heterocycles. The maximum atomic E-state index is 12.5. The van der Waals surface area contributed by atoms with Crippen LogP contribution in [0.25, 0.3) is 0 Å². The number of hydrogen-bond acceptors (Lipinski definition) is 3. The third kappa shape index (κ3) is 4.47. The maximum absolute atomic E-state index is 12.5. The second-order valence-electron chi connectivity index (χ2n) is 4.18. The van der Waals surface area contributed by atoms with E-state index >= 15 is 0 Å². The Morgan fingerprint density at radius 2 is 1.90 bits per heavy atom. The minimum Gasteiger partial charge on any atom is -0.354 e. The smallest absolute Gasteiger partial charge is 0.354 e. The van der Waals surface area contributed by atoms with E-state index in [0.29, 0.717) is 23.0 Å². The molecule has 1 heterocycles. The van der Waals surface area contributed by atoms with E-state index in [4.69, 9.17) is 23.2 Å². The molecule has 1 N–H and O–H groups in total. The molecule has 0 amide bonds. The average Bonchev–Trinajstić information content (AvgIpc) is 2.41.